The van der Waals surface area contributed by atoms with Gasteiger partial charge in [-0.25, -0.2) is 0 Å². The number of amides is 1. The maximum absolute atomic E-state index is 12.8. The van der Waals surface area contributed by atoms with E-state index in [2.05, 4.69) is 15.5 Å². The molecule has 1 amide bonds. The molecule has 0 saturated heterocycles. The van der Waals surface area contributed by atoms with Crippen molar-refractivity contribution in [3.8, 4) is 22.8 Å². The van der Waals surface area contributed by atoms with Crippen LogP contribution < -0.4 is 10.9 Å². The highest BCUT2D eigenvalue weighted by molar-refractivity contribution is 6.30. The fourth-order valence-electron chi connectivity index (χ4n) is 3.37. The Morgan fingerprint density at radius 1 is 1.21 bits per heavy atom. The minimum absolute atomic E-state index is 0.0403. The number of hydrogen-bond donors (Lipinski definition) is 1. The summed E-state index contributed by atoms with van der Waals surface area (Å²) >= 11 is 5.89. The van der Waals surface area contributed by atoms with Crippen LogP contribution in [0.25, 0.3) is 22.8 Å². The molecular formula is C20H19ClN4O3. The van der Waals surface area contributed by atoms with Gasteiger partial charge in [0, 0.05) is 22.8 Å². The van der Waals surface area contributed by atoms with Gasteiger partial charge >= 0.3 is 0 Å². The average Bonchev–Trinajstić information content (AvgIpc) is 3.36. The Labute approximate surface area is 166 Å². The molecule has 1 aliphatic rings. The third-order valence-corrected chi connectivity index (χ3v) is 5.07. The molecule has 1 N–H and O–H groups in total. The van der Waals surface area contributed by atoms with Crippen LogP contribution in [0.4, 0.5) is 0 Å². The van der Waals surface area contributed by atoms with Gasteiger partial charge in [-0.3, -0.25) is 9.59 Å². The first-order valence-corrected chi connectivity index (χ1v) is 9.57. The molecule has 28 heavy (non-hydrogen) atoms. The molecule has 0 atom stereocenters. The molecule has 8 heteroatoms. The number of pyridine rings is 1. The minimum atomic E-state index is -0.352. The molecule has 0 bridgehead atoms. The van der Waals surface area contributed by atoms with Gasteiger partial charge in [0.15, 0.2) is 0 Å². The Hall–Kier alpha value is -2.93. The summed E-state index contributed by atoms with van der Waals surface area (Å²) in [4.78, 5) is 29.3. The third kappa shape index (κ3) is 3.99. The molecule has 4 rings (SSSR count). The summed E-state index contributed by atoms with van der Waals surface area (Å²) in [5.74, 6) is 0.305. The first-order chi connectivity index (χ1) is 13.6. The number of carbonyl (C=O) groups excluding carboxylic acids is 1. The summed E-state index contributed by atoms with van der Waals surface area (Å²) < 4.78 is 6.63. The molecule has 1 saturated carbocycles. The first-order valence-electron chi connectivity index (χ1n) is 9.19. The van der Waals surface area contributed by atoms with Crippen LogP contribution in [0.5, 0.6) is 0 Å². The van der Waals surface area contributed by atoms with Crippen molar-refractivity contribution in [2.24, 2.45) is 0 Å². The van der Waals surface area contributed by atoms with Crippen molar-refractivity contribution in [1.82, 2.24) is 20.0 Å². The van der Waals surface area contributed by atoms with Crippen LogP contribution in [0.15, 0.2) is 51.9 Å². The number of hydrogen-bond acceptors (Lipinski definition) is 5. The summed E-state index contributed by atoms with van der Waals surface area (Å²) in [6.45, 7) is -0.0403. The number of rotatable bonds is 5. The summed E-state index contributed by atoms with van der Waals surface area (Å²) in [5.41, 5.74) is 0.630. The minimum Gasteiger partial charge on any atom is -0.352 e. The SMILES string of the molecule is O=C(Cn1cccc(-c2nc(-c3ccc(Cl)cc3)no2)c1=O)NC1CCCC1. The molecule has 0 aliphatic heterocycles. The van der Waals surface area contributed by atoms with Crippen molar-refractivity contribution >= 4 is 17.5 Å². The largest absolute Gasteiger partial charge is 0.352 e. The van der Waals surface area contributed by atoms with Gasteiger partial charge in [-0.05, 0) is 49.2 Å². The highest BCUT2D eigenvalue weighted by Gasteiger charge is 2.19. The van der Waals surface area contributed by atoms with E-state index >= 15 is 0 Å². The predicted octanol–water partition coefficient (Wildman–Crippen LogP) is 3.28. The lowest BCUT2D eigenvalue weighted by Gasteiger charge is -2.12. The van der Waals surface area contributed by atoms with Crippen molar-refractivity contribution in [2.75, 3.05) is 0 Å². The second-order valence-corrected chi connectivity index (χ2v) is 7.27. The topological polar surface area (TPSA) is 90.0 Å². The summed E-state index contributed by atoms with van der Waals surface area (Å²) in [6.07, 6.45) is 5.84. The van der Waals surface area contributed by atoms with Crippen LogP contribution in [-0.4, -0.2) is 26.7 Å². The van der Waals surface area contributed by atoms with Gasteiger partial charge in [0.25, 0.3) is 11.4 Å². The van der Waals surface area contributed by atoms with Crippen LogP contribution in [0.3, 0.4) is 0 Å². The summed E-state index contributed by atoms with van der Waals surface area (Å²) in [6, 6.07) is 10.5. The van der Waals surface area contributed by atoms with Crippen molar-refractivity contribution in [3.05, 3.63) is 58.0 Å². The lowest BCUT2D eigenvalue weighted by atomic mass is 10.2. The smallest absolute Gasteiger partial charge is 0.263 e. The fourth-order valence-corrected chi connectivity index (χ4v) is 3.50. The molecule has 0 radical (unpaired) electrons. The van der Waals surface area contributed by atoms with E-state index in [4.69, 9.17) is 16.1 Å². The van der Waals surface area contributed by atoms with Gasteiger partial charge in [0.1, 0.15) is 12.1 Å². The molecule has 3 aromatic rings. The zero-order valence-electron chi connectivity index (χ0n) is 15.1. The van der Waals surface area contributed by atoms with Crippen LogP contribution in [0.2, 0.25) is 5.02 Å². The Morgan fingerprint density at radius 2 is 1.96 bits per heavy atom. The van der Waals surface area contributed by atoms with Crippen molar-refractivity contribution in [3.63, 3.8) is 0 Å². The van der Waals surface area contributed by atoms with Gasteiger partial charge in [-0.15, -0.1) is 0 Å². The quantitative estimate of drug-likeness (QED) is 0.712. The molecule has 0 spiro atoms. The van der Waals surface area contributed by atoms with E-state index in [1.807, 2.05) is 0 Å². The molecule has 1 aromatic carbocycles. The number of carbonyl (C=O) groups is 1. The van der Waals surface area contributed by atoms with Gasteiger partial charge in [-0.2, -0.15) is 4.98 Å². The average molecular weight is 399 g/mol. The van der Waals surface area contributed by atoms with Gasteiger partial charge in [0.05, 0.1) is 0 Å². The standard InChI is InChI=1S/C20H19ClN4O3/c21-14-9-7-13(8-10-14)18-23-19(28-24-18)16-6-3-11-25(20(16)27)12-17(26)22-15-4-1-2-5-15/h3,6-11,15H,1-2,4-5,12H2,(H,22,26). The normalized spacial score (nSPS) is 14.3. The van der Waals surface area contributed by atoms with Crippen LogP contribution in [-0.2, 0) is 11.3 Å². The van der Waals surface area contributed by atoms with Crippen LogP contribution in [0.1, 0.15) is 25.7 Å². The van der Waals surface area contributed by atoms with Crippen molar-refractivity contribution in [2.45, 2.75) is 38.3 Å². The Kier molecular flexibility index (Phi) is 5.25. The number of nitrogens with zero attached hydrogens (tertiary/aromatic N) is 3. The highest BCUT2D eigenvalue weighted by Crippen LogP contribution is 2.22. The number of aromatic nitrogens is 3. The summed E-state index contributed by atoms with van der Waals surface area (Å²) in [5, 5.41) is 7.52. The lowest BCUT2D eigenvalue weighted by molar-refractivity contribution is -0.122. The molecule has 2 aromatic heterocycles. The number of halogens is 1. The zero-order valence-corrected chi connectivity index (χ0v) is 15.9. The molecule has 2 heterocycles. The fraction of sp³-hybridized carbons (Fsp3) is 0.300. The summed E-state index contributed by atoms with van der Waals surface area (Å²) in [7, 11) is 0. The molecule has 1 aliphatic carbocycles. The van der Waals surface area contributed by atoms with E-state index in [0.29, 0.717) is 10.8 Å². The Balaban J connectivity index is 1.54. The first kappa shape index (κ1) is 18.4. The van der Waals surface area contributed by atoms with Crippen LogP contribution in [0, 0.1) is 0 Å². The second kappa shape index (κ2) is 7.98. The zero-order chi connectivity index (χ0) is 19.5. The maximum atomic E-state index is 12.8. The van der Waals surface area contributed by atoms with Crippen molar-refractivity contribution in [1.29, 1.82) is 0 Å². The van der Waals surface area contributed by atoms with E-state index in [0.717, 1.165) is 31.2 Å². The molecule has 0 unspecified atom stereocenters. The molecular weight excluding hydrogens is 380 g/mol. The Morgan fingerprint density at radius 3 is 2.71 bits per heavy atom. The lowest BCUT2D eigenvalue weighted by Crippen LogP contribution is -2.37. The molecule has 144 valence electrons. The van der Waals surface area contributed by atoms with E-state index in [1.165, 1.54) is 4.57 Å². The maximum Gasteiger partial charge on any atom is 0.263 e. The highest BCUT2D eigenvalue weighted by atomic mass is 35.5. The van der Waals surface area contributed by atoms with Crippen molar-refractivity contribution < 1.29 is 9.32 Å². The molecule has 1 fully saturated rings. The van der Waals surface area contributed by atoms with E-state index in [9.17, 15) is 9.59 Å². The van der Waals surface area contributed by atoms with E-state index < -0.39 is 0 Å². The Bertz CT molecular complexity index is 1040. The second-order valence-electron chi connectivity index (χ2n) is 6.83. The van der Waals surface area contributed by atoms with E-state index in [-0.39, 0.29) is 35.5 Å². The van der Waals surface area contributed by atoms with Crippen LogP contribution >= 0.6 is 11.6 Å². The van der Waals surface area contributed by atoms with Gasteiger partial charge < -0.3 is 14.4 Å². The van der Waals surface area contributed by atoms with E-state index in [1.54, 1.807) is 42.6 Å². The number of benzene rings is 1. The number of nitrogens with one attached hydrogen (secondary N) is 1. The monoisotopic (exact) mass is 398 g/mol. The third-order valence-electron chi connectivity index (χ3n) is 4.81. The predicted molar refractivity (Wildman–Crippen MR) is 105 cm³/mol. The van der Waals surface area contributed by atoms with Gasteiger partial charge in [-0.1, -0.05) is 29.6 Å². The van der Waals surface area contributed by atoms with Gasteiger partial charge in [0.2, 0.25) is 11.7 Å². The molecule has 7 nitrogen and oxygen atoms in total.